The summed E-state index contributed by atoms with van der Waals surface area (Å²) in [6.07, 6.45) is 3.03. The van der Waals surface area contributed by atoms with Gasteiger partial charge in [-0.3, -0.25) is 9.69 Å². The van der Waals surface area contributed by atoms with Crippen molar-refractivity contribution in [2.75, 3.05) is 6.54 Å². The van der Waals surface area contributed by atoms with Gasteiger partial charge in [0.05, 0.1) is 6.17 Å². The van der Waals surface area contributed by atoms with Crippen molar-refractivity contribution >= 4 is 5.97 Å². The summed E-state index contributed by atoms with van der Waals surface area (Å²) >= 11 is 0. The van der Waals surface area contributed by atoms with E-state index in [4.69, 9.17) is 10.8 Å². The van der Waals surface area contributed by atoms with Gasteiger partial charge in [0.15, 0.2) is 0 Å². The lowest BCUT2D eigenvalue weighted by Crippen LogP contribution is -2.52. The predicted octanol–water partition coefficient (Wildman–Crippen LogP) is 0.230. The Labute approximate surface area is 72.3 Å². The number of hydrogen-bond acceptors (Lipinski definition) is 3. The predicted molar refractivity (Wildman–Crippen MR) is 45.6 cm³/mol. The maximum Gasteiger partial charge on any atom is 0.320 e. The number of rotatable bonds is 2. The summed E-state index contributed by atoms with van der Waals surface area (Å²) in [7, 11) is 0. The van der Waals surface area contributed by atoms with Gasteiger partial charge in [-0.25, -0.2) is 0 Å². The highest BCUT2D eigenvalue weighted by atomic mass is 16.4. The number of carboxylic acids is 1. The molecule has 0 aromatic rings. The SMILES string of the molecule is CC(C(=O)O)N1CCCCC1N. The summed E-state index contributed by atoms with van der Waals surface area (Å²) in [6.45, 7) is 2.50. The molecule has 1 fully saturated rings. The van der Waals surface area contributed by atoms with E-state index >= 15 is 0 Å². The molecule has 4 nitrogen and oxygen atoms in total. The van der Waals surface area contributed by atoms with Gasteiger partial charge in [0, 0.05) is 6.54 Å². The van der Waals surface area contributed by atoms with E-state index in [-0.39, 0.29) is 6.17 Å². The first-order chi connectivity index (χ1) is 5.63. The van der Waals surface area contributed by atoms with Crippen LogP contribution in [0.5, 0.6) is 0 Å². The molecule has 0 saturated carbocycles. The minimum atomic E-state index is -0.785. The number of nitrogens with zero attached hydrogens (tertiary/aromatic N) is 1. The van der Waals surface area contributed by atoms with Crippen molar-refractivity contribution < 1.29 is 9.90 Å². The number of carboxylic acid groups (broad SMARTS) is 1. The van der Waals surface area contributed by atoms with E-state index in [0.717, 1.165) is 25.8 Å². The monoisotopic (exact) mass is 172 g/mol. The molecule has 4 heteroatoms. The van der Waals surface area contributed by atoms with Gasteiger partial charge in [-0.05, 0) is 26.2 Å². The van der Waals surface area contributed by atoms with Gasteiger partial charge in [0.1, 0.15) is 6.04 Å². The molecule has 1 aliphatic rings. The highest BCUT2D eigenvalue weighted by Gasteiger charge is 2.27. The van der Waals surface area contributed by atoms with E-state index in [1.165, 1.54) is 0 Å². The van der Waals surface area contributed by atoms with Crippen molar-refractivity contribution in [3.05, 3.63) is 0 Å². The zero-order chi connectivity index (χ0) is 9.14. The first-order valence-electron chi connectivity index (χ1n) is 4.37. The molecule has 1 saturated heterocycles. The Hall–Kier alpha value is -0.610. The Balaban J connectivity index is 2.53. The maximum absolute atomic E-state index is 10.6. The molecule has 1 heterocycles. The fourth-order valence-electron chi connectivity index (χ4n) is 1.60. The summed E-state index contributed by atoms with van der Waals surface area (Å²) in [5, 5.41) is 8.75. The molecule has 0 bridgehead atoms. The standard InChI is InChI=1S/C8H16N2O2/c1-6(8(11)12)10-5-3-2-4-7(10)9/h6-7H,2-5,9H2,1H3,(H,11,12). The van der Waals surface area contributed by atoms with Crippen molar-refractivity contribution in [2.24, 2.45) is 5.73 Å². The highest BCUT2D eigenvalue weighted by molar-refractivity contribution is 5.72. The van der Waals surface area contributed by atoms with Crippen molar-refractivity contribution in [1.82, 2.24) is 4.90 Å². The Kier molecular flexibility index (Phi) is 3.05. The Bertz CT molecular complexity index is 172. The number of aliphatic carboxylic acids is 1. The molecular weight excluding hydrogens is 156 g/mol. The van der Waals surface area contributed by atoms with Crippen LogP contribution in [0.1, 0.15) is 26.2 Å². The lowest BCUT2D eigenvalue weighted by molar-refractivity contribution is -0.144. The average molecular weight is 172 g/mol. The fraction of sp³-hybridized carbons (Fsp3) is 0.875. The van der Waals surface area contributed by atoms with E-state index in [0.29, 0.717) is 0 Å². The molecule has 0 aromatic heterocycles. The number of carbonyl (C=O) groups is 1. The van der Waals surface area contributed by atoms with Crippen molar-refractivity contribution in [1.29, 1.82) is 0 Å². The molecule has 70 valence electrons. The smallest absolute Gasteiger partial charge is 0.320 e. The summed E-state index contributed by atoms with van der Waals surface area (Å²) in [5.41, 5.74) is 5.78. The van der Waals surface area contributed by atoms with Crippen LogP contribution in [0, 0.1) is 0 Å². The molecule has 1 rings (SSSR count). The molecule has 0 aromatic carbocycles. The van der Waals surface area contributed by atoms with Gasteiger partial charge in [-0.1, -0.05) is 0 Å². The molecule has 0 amide bonds. The fourth-order valence-corrected chi connectivity index (χ4v) is 1.60. The van der Waals surface area contributed by atoms with Gasteiger partial charge in [0.25, 0.3) is 0 Å². The van der Waals surface area contributed by atoms with E-state index in [1.54, 1.807) is 6.92 Å². The number of hydrogen-bond donors (Lipinski definition) is 2. The lowest BCUT2D eigenvalue weighted by atomic mass is 10.1. The van der Waals surface area contributed by atoms with Gasteiger partial charge < -0.3 is 10.8 Å². The van der Waals surface area contributed by atoms with Crippen LogP contribution in [-0.2, 0) is 4.79 Å². The van der Waals surface area contributed by atoms with Gasteiger partial charge in [-0.15, -0.1) is 0 Å². The number of nitrogens with two attached hydrogens (primary N) is 1. The molecule has 3 N–H and O–H groups in total. The van der Waals surface area contributed by atoms with Crippen LogP contribution < -0.4 is 5.73 Å². The largest absolute Gasteiger partial charge is 0.480 e. The van der Waals surface area contributed by atoms with Crippen LogP contribution in [0.15, 0.2) is 0 Å². The van der Waals surface area contributed by atoms with Crippen LogP contribution >= 0.6 is 0 Å². The second-order valence-corrected chi connectivity index (χ2v) is 3.32. The van der Waals surface area contributed by atoms with Crippen LogP contribution in [0.2, 0.25) is 0 Å². The molecule has 2 atom stereocenters. The third-order valence-corrected chi connectivity index (χ3v) is 2.45. The first-order valence-corrected chi connectivity index (χ1v) is 4.37. The molecule has 0 radical (unpaired) electrons. The number of piperidine rings is 1. The van der Waals surface area contributed by atoms with Crippen LogP contribution in [0.4, 0.5) is 0 Å². The normalized spacial score (nSPS) is 28.3. The molecule has 0 spiro atoms. The second-order valence-electron chi connectivity index (χ2n) is 3.32. The van der Waals surface area contributed by atoms with Gasteiger partial charge >= 0.3 is 5.97 Å². The minimum absolute atomic E-state index is 0.0650. The summed E-state index contributed by atoms with van der Waals surface area (Å²) in [5.74, 6) is -0.785. The zero-order valence-corrected chi connectivity index (χ0v) is 7.36. The van der Waals surface area contributed by atoms with Crippen LogP contribution in [-0.4, -0.2) is 34.7 Å². The lowest BCUT2D eigenvalue weighted by Gasteiger charge is -2.35. The van der Waals surface area contributed by atoms with Crippen molar-refractivity contribution in [3.63, 3.8) is 0 Å². The van der Waals surface area contributed by atoms with Crippen LogP contribution in [0.25, 0.3) is 0 Å². The highest BCUT2D eigenvalue weighted by Crippen LogP contribution is 2.15. The average Bonchev–Trinajstić information content (AvgIpc) is 2.04. The second kappa shape index (κ2) is 3.87. The molecule has 0 aliphatic carbocycles. The molecule has 12 heavy (non-hydrogen) atoms. The topological polar surface area (TPSA) is 66.6 Å². The van der Waals surface area contributed by atoms with Crippen LogP contribution in [0.3, 0.4) is 0 Å². The Morgan fingerprint density at radius 3 is 2.83 bits per heavy atom. The van der Waals surface area contributed by atoms with E-state index in [9.17, 15) is 4.79 Å². The first kappa shape index (κ1) is 9.48. The van der Waals surface area contributed by atoms with Crippen molar-refractivity contribution in [3.8, 4) is 0 Å². The quantitative estimate of drug-likeness (QED) is 0.625. The van der Waals surface area contributed by atoms with E-state index in [2.05, 4.69) is 0 Å². The minimum Gasteiger partial charge on any atom is -0.480 e. The van der Waals surface area contributed by atoms with Gasteiger partial charge in [0.2, 0.25) is 0 Å². The molecule has 1 aliphatic heterocycles. The summed E-state index contributed by atoms with van der Waals surface area (Å²) in [6, 6.07) is -0.444. The Morgan fingerprint density at radius 1 is 1.67 bits per heavy atom. The van der Waals surface area contributed by atoms with Crippen molar-refractivity contribution in [2.45, 2.75) is 38.4 Å². The zero-order valence-electron chi connectivity index (χ0n) is 7.36. The third kappa shape index (κ3) is 1.95. The Morgan fingerprint density at radius 2 is 2.33 bits per heavy atom. The molecular formula is C8H16N2O2. The molecule has 2 unspecified atom stereocenters. The maximum atomic E-state index is 10.6. The van der Waals surface area contributed by atoms with E-state index in [1.807, 2.05) is 4.90 Å². The van der Waals surface area contributed by atoms with Gasteiger partial charge in [-0.2, -0.15) is 0 Å². The van der Waals surface area contributed by atoms with E-state index < -0.39 is 12.0 Å². The summed E-state index contributed by atoms with van der Waals surface area (Å²) in [4.78, 5) is 12.5. The number of likely N-dealkylation sites (tertiary alicyclic amines) is 1. The summed E-state index contributed by atoms with van der Waals surface area (Å²) < 4.78 is 0. The third-order valence-electron chi connectivity index (χ3n) is 2.45.